The highest BCUT2D eigenvalue weighted by molar-refractivity contribution is 5.75. The van der Waals surface area contributed by atoms with E-state index in [4.69, 9.17) is 14.2 Å². The number of methoxy groups -OCH3 is 1. The van der Waals surface area contributed by atoms with E-state index in [1.807, 2.05) is 53.1 Å². The molecule has 2 aliphatic heterocycles. The third-order valence-electron chi connectivity index (χ3n) is 5.61. The highest BCUT2D eigenvalue weighted by atomic mass is 16.7. The Morgan fingerprint density at radius 2 is 2.14 bits per heavy atom. The summed E-state index contributed by atoms with van der Waals surface area (Å²) in [4.78, 5) is 4.45. The smallest absolute Gasteiger partial charge is 0.181 e. The summed E-state index contributed by atoms with van der Waals surface area (Å²) in [7, 11) is 1.65. The zero-order valence-electron chi connectivity index (χ0n) is 15.6. The maximum atomic E-state index is 11.2. The first-order chi connectivity index (χ1) is 13.7. The summed E-state index contributed by atoms with van der Waals surface area (Å²) in [5, 5.41) is 14.7. The zero-order chi connectivity index (χ0) is 19.1. The average Bonchev–Trinajstić information content (AvgIpc) is 3.34. The fraction of sp³-hybridized carbons (Fsp3) is 0.381. The molecule has 0 amide bonds. The van der Waals surface area contributed by atoms with Crippen molar-refractivity contribution < 1.29 is 19.3 Å². The van der Waals surface area contributed by atoms with Crippen LogP contribution in [0.3, 0.4) is 0 Å². The van der Waals surface area contributed by atoms with Gasteiger partial charge >= 0.3 is 0 Å². The van der Waals surface area contributed by atoms with E-state index in [0.717, 1.165) is 22.3 Å². The van der Waals surface area contributed by atoms with Crippen LogP contribution in [0.4, 0.5) is 0 Å². The summed E-state index contributed by atoms with van der Waals surface area (Å²) < 4.78 is 19.2. The van der Waals surface area contributed by atoms with Gasteiger partial charge in [-0.2, -0.15) is 0 Å². The molecule has 3 aromatic rings. The number of fused-ring (bicyclic) bond motifs is 3. The molecule has 146 valence electrons. The standard InChI is InChI=1S/C21H23N3O4/c1-26-14-6-4-5-13(9-14)10-22-18-17-11-27-21(28-17)19(20(18)25)24-12-23-15-7-2-3-8-16(15)24/h2-9,12,17-22,25H,10-11H2,1H3/t17-,18-,19-,20+,21-/m1/s1. The Labute approximate surface area is 162 Å². The highest BCUT2D eigenvalue weighted by Gasteiger charge is 2.50. The van der Waals surface area contributed by atoms with Gasteiger partial charge in [0.15, 0.2) is 6.29 Å². The lowest BCUT2D eigenvalue weighted by Crippen LogP contribution is -2.57. The largest absolute Gasteiger partial charge is 0.497 e. The lowest BCUT2D eigenvalue weighted by molar-refractivity contribution is -0.164. The van der Waals surface area contributed by atoms with Crippen LogP contribution in [0.2, 0.25) is 0 Å². The Balaban J connectivity index is 1.40. The maximum Gasteiger partial charge on any atom is 0.181 e. The Hall–Kier alpha value is -2.45. The maximum absolute atomic E-state index is 11.2. The zero-order valence-corrected chi connectivity index (χ0v) is 15.6. The van der Waals surface area contributed by atoms with Crippen LogP contribution in [-0.4, -0.2) is 52.9 Å². The van der Waals surface area contributed by atoms with Gasteiger partial charge in [-0.15, -0.1) is 0 Å². The third-order valence-corrected chi connectivity index (χ3v) is 5.61. The van der Waals surface area contributed by atoms with Crippen molar-refractivity contribution in [3.8, 4) is 5.75 Å². The molecule has 2 fully saturated rings. The molecule has 28 heavy (non-hydrogen) atoms. The number of imidazole rings is 1. The van der Waals surface area contributed by atoms with Crippen molar-refractivity contribution in [2.24, 2.45) is 0 Å². The van der Waals surface area contributed by atoms with Crippen molar-refractivity contribution in [1.82, 2.24) is 14.9 Å². The number of aliphatic hydroxyl groups excluding tert-OH is 1. The molecule has 2 aromatic carbocycles. The van der Waals surface area contributed by atoms with Gasteiger partial charge in [-0.3, -0.25) is 0 Å². The number of aromatic nitrogens is 2. The van der Waals surface area contributed by atoms with Gasteiger partial charge in [0.1, 0.15) is 17.9 Å². The van der Waals surface area contributed by atoms with E-state index in [-0.39, 0.29) is 18.2 Å². The number of ether oxygens (including phenoxy) is 3. The van der Waals surface area contributed by atoms with Crippen LogP contribution in [-0.2, 0) is 16.0 Å². The van der Waals surface area contributed by atoms with Crippen molar-refractivity contribution in [1.29, 1.82) is 0 Å². The highest BCUT2D eigenvalue weighted by Crippen LogP contribution is 2.37. The topological polar surface area (TPSA) is 77.8 Å². The first-order valence-corrected chi connectivity index (χ1v) is 9.47. The van der Waals surface area contributed by atoms with Crippen LogP contribution < -0.4 is 10.1 Å². The molecule has 2 aliphatic rings. The predicted octanol–water partition coefficient (Wildman–Crippen LogP) is 1.86. The Bertz CT molecular complexity index is 975. The minimum absolute atomic E-state index is 0.184. The molecule has 2 bridgehead atoms. The van der Waals surface area contributed by atoms with Gasteiger partial charge in [0.2, 0.25) is 0 Å². The SMILES string of the molecule is COc1cccc(CN[C@H]2[C@H](O)[C@@H](n3cnc4ccccc43)[C@@H]3OC[C@H]2O3)c1. The molecule has 7 heteroatoms. The van der Waals surface area contributed by atoms with E-state index >= 15 is 0 Å². The summed E-state index contributed by atoms with van der Waals surface area (Å²) in [6, 6.07) is 15.1. The number of nitrogens with one attached hydrogen (secondary N) is 1. The second-order valence-electron chi connectivity index (χ2n) is 7.26. The first kappa shape index (κ1) is 17.6. The number of rotatable bonds is 5. The fourth-order valence-corrected chi connectivity index (χ4v) is 4.18. The van der Waals surface area contributed by atoms with E-state index < -0.39 is 12.4 Å². The van der Waals surface area contributed by atoms with Crippen molar-refractivity contribution in [2.45, 2.75) is 37.1 Å². The van der Waals surface area contributed by atoms with Gasteiger partial charge in [-0.1, -0.05) is 24.3 Å². The molecule has 2 N–H and O–H groups in total. The van der Waals surface area contributed by atoms with E-state index in [9.17, 15) is 5.11 Å². The number of hydrogen-bond donors (Lipinski definition) is 2. The van der Waals surface area contributed by atoms with E-state index in [1.165, 1.54) is 0 Å². The summed E-state index contributed by atoms with van der Waals surface area (Å²) in [5.41, 5.74) is 2.92. The van der Waals surface area contributed by atoms with Crippen molar-refractivity contribution in [3.05, 3.63) is 60.4 Å². The molecule has 5 atom stereocenters. The van der Waals surface area contributed by atoms with Crippen molar-refractivity contribution >= 4 is 11.0 Å². The van der Waals surface area contributed by atoms with Crippen LogP contribution in [0, 0.1) is 0 Å². The predicted molar refractivity (Wildman–Crippen MR) is 103 cm³/mol. The van der Waals surface area contributed by atoms with E-state index in [1.54, 1.807) is 13.4 Å². The third kappa shape index (κ3) is 2.97. The molecular formula is C21H23N3O4. The molecule has 3 heterocycles. The normalized spacial score (nSPS) is 29.3. The van der Waals surface area contributed by atoms with E-state index in [0.29, 0.717) is 13.2 Å². The molecule has 1 aromatic heterocycles. The van der Waals surface area contributed by atoms with Crippen LogP contribution in [0.5, 0.6) is 5.75 Å². The number of aliphatic hydroxyl groups is 1. The second kappa shape index (κ2) is 7.18. The molecule has 7 nitrogen and oxygen atoms in total. The molecular weight excluding hydrogens is 358 g/mol. The average molecular weight is 381 g/mol. The Kier molecular flexibility index (Phi) is 4.52. The Morgan fingerprint density at radius 1 is 1.25 bits per heavy atom. The minimum atomic E-state index is -0.672. The monoisotopic (exact) mass is 381 g/mol. The number of para-hydroxylation sites is 2. The van der Waals surface area contributed by atoms with E-state index in [2.05, 4.69) is 10.3 Å². The molecule has 0 saturated carbocycles. The molecule has 0 spiro atoms. The number of benzene rings is 2. The quantitative estimate of drug-likeness (QED) is 0.703. The van der Waals surface area contributed by atoms with Gasteiger partial charge in [0.05, 0.1) is 43.2 Å². The second-order valence-corrected chi connectivity index (χ2v) is 7.26. The summed E-state index contributed by atoms with van der Waals surface area (Å²) in [5.74, 6) is 0.812. The van der Waals surface area contributed by atoms with Gasteiger partial charge in [-0.25, -0.2) is 4.98 Å². The lowest BCUT2D eigenvalue weighted by atomic mass is 9.95. The van der Waals surface area contributed by atoms with Gasteiger partial charge < -0.3 is 29.2 Å². The van der Waals surface area contributed by atoms with Gasteiger partial charge in [0.25, 0.3) is 0 Å². The van der Waals surface area contributed by atoms with Crippen molar-refractivity contribution in [3.63, 3.8) is 0 Å². The summed E-state index contributed by atoms with van der Waals surface area (Å²) >= 11 is 0. The fourth-order valence-electron chi connectivity index (χ4n) is 4.18. The number of hydrogen-bond acceptors (Lipinski definition) is 6. The molecule has 2 saturated heterocycles. The number of nitrogens with zero attached hydrogens (tertiary/aromatic N) is 2. The van der Waals surface area contributed by atoms with Crippen LogP contribution in [0.15, 0.2) is 54.9 Å². The molecule has 5 rings (SSSR count). The molecule has 0 aliphatic carbocycles. The Morgan fingerprint density at radius 3 is 3.04 bits per heavy atom. The first-order valence-electron chi connectivity index (χ1n) is 9.47. The molecule has 0 unspecified atom stereocenters. The van der Waals surface area contributed by atoms with Crippen LogP contribution in [0.25, 0.3) is 11.0 Å². The summed E-state index contributed by atoms with van der Waals surface area (Å²) in [6.45, 7) is 1.06. The minimum Gasteiger partial charge on any atom is -0.497 e. The van der Waals surface area contributed by atoms with Gasteiger partial charge in [-0.05, 0) is 29.8 Å². The van der Waals surface area contributed by atoms with Crippen LogP contribution >= 0.6 is 0 Å². The lowest BCUT2D eigenvalue weighted by Gasteiger charge is -2.39. The van der Waals surface area contributed by atoms with Crippen LogP contribution in [0.1, 0.15) is 11.6 Å². The van der Waals surface area contributed by atoms with Crippen molar-refractivity contribution in [2.75, 3.05) is 13.7 Å². The summed E-state index contributed by atoms with van der Waals surface area (Å²) in [6.07, 6.45) is 0.418. The van der Waals surface area contributed by atoms with Gasteiger partial charge in [0, 0.05) is 6.54 Å². The molecule has 0 radical (unpaired) electrons.